The highest BCUT2D eigenvalue weighted by Gasteiger charge is 2.11. The Morgan fingerprint density at radius 2 is 1.90 bits per heavy atom. The fourth-order valence-electron chi connectivity index (χ4n) is 2.73. The van der Waals surface area contributed by atoms with Crippen LogP contribution in [0.3, 0.4) is 0 Å². The summed E-state index contributed by atoms with van der Waals surface area (Å²) in [5.41, 5.74) is 10.1. The second-order valence-corrected chi connectivity index (χ2v) is 5.88. The molecule has 1 aromatic carbocycles. The molecule has 0 bridgehead atoms. The molecule has 2 N–H and O–H groups in total. The number of hydrogen-bond acceptors (Lipinski definition) is 3. The minimum absolute atomic E-state index is 0.357. The lowest BCUT2D eigenvalue weighted by Gasteiger charge is -2.16. The number of nitrogens with zero attached hydrogens (tertiary/aromatic N) is 1. The molecule has 1 heterocycles. The van der Waals surface area contributed by atoms with E-state index in [1.54, 1.807) is 6.07 Å². The zero-order chi connectivity index (χ0) is 14.8. The normalized spacial score (nSPS) is 13.6. The van der Waals surface area contributed by atoms with Crippen molar-refractivity contribution in [1.82, 2.24) is 4.98 Å². The summed E-state index contributed by atoms with van der Waals surface area (Å²) in [6, 6.07) is 9.94. The average molecular weight is 298 g/mol. The lowest BCUT2D eigenvalue weighted by atomic mass is 9.92. The Bertz CT molecular complexity index is 697. The molecule has 0 fully saturated rings. The van der Waals surface area contributed by atoms with Crippen molar-refractivity contribution in [2.45, 2.75) is 32.6 Å². The SMILES string of the molecule is Cc1cc(C(N)=S)cc(Oc2ccc3c(c2)CCCC3)n1. The summed E-state index contributed by atoms with van der Waals surface area (Å²) in [7, 11) is 0. The number of ether oxygens (including phenoxy) is 1. The summed E-state index contributed by atoms with van der Waals surface area (Å²) in [4.78, 5) is 4.74. The third-order valence-electron chi connectivity index (χ3n) is 3.76. The maximum absolute atomic E-state index is 5.89. The van der Waals surface area contributed by atoms with Crippen LogP contribution < -0.4 is 10.5 Å². The lowest BCUT2D eigenvalue weighted by Crippen LogP contribution is -2.10. The monoisotopic (exact) mass is 298 g/mol. The van der Waals surface area contributed by atoms with Gasteiger partial charge in [0.2, 0.25) is 5.88 Å². The van der Waals surface area contributed by atoms with Crippen LogP contribution in [-0.2, 0) is 12.8 Å². The number of aryl methyl sites for hydroxylation is 3. The van der Waals surface area contributed by atoms with Crippen molar-refractivity contribution in [3.63, 3.8) is 0 Å². The first-order chi connectivity index (χ1) is 10.1. The van der Waals surface area contributed by atoms with Crippen molar-refractivity contribution in [3.05, 3.63) is 52.7 Å². The molecule has 2 aromatic rings. The van der Waals surface area contributed by atoms with Crippen LogP contribution in [0, 0.1) is 6.92 Å². The molecular weight excluding hydrogens is 280 g/mol. The summed E-state index contributed by atoms with van der Waals surface area (Å²) >= 11 is 5.02. The number of hydrogen-bond donors (Lipinski definition) is 1. The molecule has 0 aliphatic heterocycles. The average Bonchev–Trinajstić information content (AvgIpc) is 2.46. The predicted molar refractivity (Wildman–Crippen MR) is 88.0 cm³/mol. The van der Waals surface area contributed by atoms with E-state index in [1.807, 2.05) is 19.1 Å². The van der Waals surface area contributed by atoms with Gasteiger partial charge in [0.15, 0.2) is 0 Å². The molecule has 0 saturated carbocycles. The number of benzene rings is 1. The number of aromatic nitrogens is 1. The van der Waals surface area contributed by atoms with Gasteiger partial charge in [-0.15, -0.1) is 0 Å². The Morgan fingerprint density at radius 1 is 1.14 bits per heavy atom. The van der Waals surface area contributed by atoms with E-state index in [0.717, 1.165) is 23.4 Å². The molecule has 3 nitrogen and oxygen atoms in total. The number of pyridine rings is 1. The molecule has 0 unspecified atom stereocenters. The molecule has 4 heteroatoms. The molecule has 0 radical (unpaired) electrons. The maximum Gasteiger partial charge on any atom is 0.220 e. The molecule has 1 aliphatic carbocycles. The van der Waals surface area contributed by atoms with Crippen LogP contribution in [0.15, 0.2) is 30.3 Å². The van der Waals surface area contributed by atoms with Crippen molar-refractivity contribution in [2.24, 2.45) is 5.73 Å². The van der Waals surface area contributed by atoms with Gasteiger partial charge in [-0.25, -0.2) is 4.98 Å². The Hall–Kier alpha value is -1.94. The lowest BCUT2D eigenvalue weighted by molar-refractivity contribution is 0.460. The summed E-state index contributed by atoms with van der Waals surface area (Å²) in [5, 5.41) is 0. The summed E-state index contributed by atoms with van der Waals surface area (Å²) in [6.07, 6.45) is 4.84. The van der Waals surface area contributed by atoms with Crippen LogP contribution in [0.5, 0.6) is 11.6 Å². The van der Waals surface area contributed by atoms with E-state index >= 15 is 0 Å². The van der Waals surface area contributed by atoms with Gasteiger partial charge in [-0.05, 0) is 61.9 Å². The van der Waals surface area contributed by atoms with Gasteiger partial charge in [0.1, 0.15) is 10.7 Å². The van der Waals surface area contributed by atoms with E-state index in [0.29, 0.717) is 10.9 Å². The molecule has 1 aromatic heterocycles. The molecule has 3 rings (SSSR count). The van der Waals surface area contributed by atoms with Gasteiger partial charge in [0.25, 0.3) is 0 Å². The molecular formula is C17H18N2OS. The third-order valence-corrected chi connectivity index (χ3v) is 3.99. The van der Waals surface area contributed by atoms with E-state index in [4.69, 9.17) is 22.7 Å². The third kappa shape index (κ3) is 3.22. The Labute approximate surface area is 130 Å². The van der Waals surface area contributed by atoms with Crippen LogP contribution in [0.1, 0.15) is 35.2 Å². The number of fused-ring (bicyclic) bond motifs is 1. The quantitative estimate of drug-likeness (QED) is 0.878. The van der Waals surface area contributed by atoms with Crippen LogP contribution >= 0.6 is 12.2 Å². The van der Waals surface area contributed by atoms with Crippen molar-refractivity contribution in [3.8, 4) is 11.6 Å². The Morgan fingerprint density at radius 3 is 2.67 bits per heavy atom. The van der Waals surface area contributed by atoms with Crippen LogP contribution in [-0.4, -0.2) is 9.97 Å². The zero-order valence-corrected chi connectivity index (χ0v) is 12.9. The van der Waals surface area contributed by atoms with Crippen molar-refractivity contribution < 1.29 is 4.74 Å². The number of rotatable bonds is 3. The van der Waals surface area contributed by atoms with Crippen molar-refractivity contribution in [2.75, 3.05) is 0 Å². The van der Waals surface area contributed by atoms with Crippen LogP contribution in [0.4, 0.5) is 0 Å². The summed E-state index contributed by atoms with van der Waals surface area (Å²) < 4.78 is 5.89. The molecule has 21 heavy (non-hydrogen) atoms. The summed E-state index contributed by atoms with van der Waals surface area (Å²) in [5.74, 6) is 1.36. The molecule has 0 amide bonds. The zero-order valence-electron chi connectivity index (χ0n) is 12.1. The predicted octanol–water partition coefficient (Wildman–Crippen LogP) is 3.70. The van der Waals surface area contributed by atoms with Crippen LogP contribution in [0.2, 0.25) is 0 Å². The highest BCUT2D eigenvalue weighted by atomic mass is 32.1. The molecule has 1 aliphatic rings. The van der Waals surface area contributed by atoms with E-state index in [1.165, 1.54) is 30.4 Å². The topological polar surface area (TPSA) is 48.1 Å². The van der Waals surface area contributed by atoms with E-state index in [-0.39, 0.29) is 0 Å². The fourth-order valence-corrected chi connectivity index (χ4v) is 2.84. The number of nitrogens with two attached hydrogens (primary N) is 1. The first-order valence-electron chi connectivity index (χ1n) is 7.20. The van der Waals surface area contributed by atoms with Gasteiger partial charge in [0.05, 0.1) is 0 Å². The molecule has 0 spiro atoms. The fraction of sp³-hybridized carbons (Fsp3) is 0.294. The van der Waals surface area contributed by atoms with Gasteiger partial charge < -0.3 is 10.5 Å². The minimum atomic E-state index is 0.357. The van der Waals surface area contributed by atoms with Gasteiger partial charge in [-0.2, -0.15) is 0 Å². The molecule has 0 atom stereocenters. The molecule has 108 valence electrons. The maximum atomic E-state index is 5.89. The second-order valence-electron chi connectivity index (χ2n) is 5.44. The van der Waals surface area contributed by atoms with E-state index in [9.17, 15) is 0 Å². The highest BCUT2D eigenvalue weighted by Crippen LogP contribution is 2.28. The van der Waals surface area contributed by atoms with E-state index < -0.39 is 0 Å². The minimum Gasteiger partial charge on any atom is -0.439 e. The van der Waals surface area contributed by atoms with Gasteiger partial charge in [-0.3, -0.25) is 0 Å². The Balaban J connectivity index is 1.88. The standard InChI is InChI=1S/C17H18N2OS/c1-11-8-14(17(18)21)10-16(19-11)20-15-7-6-12-4-2-3-5-13(12)9-15/h6-10H,2-5H2,1H3,(H2,18,21). The van der Waals surface area contributed by atoms with Crippen LogP contribution in [0.25, 0.3) is 0 Å². The van der Waals surface area contributed by atoms with Crippen molar-refractivity contribution in [1.29, 1.82) is 0 Å². The van der Waals surface area contributed by atoms with Gasteiger partial charge in [-0.1, -0.05) is 18.3 Å². The highest BCUT2D eigenvalue weighted by molar-refractivity contribution is 7.80. The van der Waals surface area contributed by atoms with Gasteiger partial charge in [0, 0.05) is 17.3 Å². The molecule has 0 saturated heterocycles. The van der Waals surface area contributed by atoms with E-state index in [2.05, 4.69) is 17.1 Å². The second kappa shape index (κ2) is 5.82. The largest absolute Gasteiger partial charge is 0.439 e. The summed E-state index contributed by atoms with van der Waals surface area (Å²) in [6.45, 7) is 1.90. The number of thiocarbonyl (C=S) groups is 1. The van der Waals surface area contributed by atoms with Crippen molar-refractivity contribution >= 4 is 17.2 Å². The van der Waals surface area contributed by atoms with Gasteiger partial charge >= 0.3 is 0 Å². The first kappa shape index (κ1) is 14.0. The first-order valence-corrected chi connectivity index (χ1v) is 7.61. The smallest absolute Gasteiger partial charge is 0.220 e. The Kier molecular flexibility index (Phi) is 3.88.